The van der Waals surface area contributed by atoms with Gasteiger partial charge in [0.05, 0.1) is 23.8 Å². The summed E-state index contributed by atoms with van der Waals surface area (Å²) in [5, 5.41) is 1.30. The molecule has 30 heavy (non-hydrogen) atoms. The molecular formula is C22H18ClFN4OS. The number of rotatable bonds is 4. The molecule has 0 saturated carbocycles. The van der Waals surface area contributed by atoms with Crippen molar-refractivity contribution in [1.29, 1.82) is 0 Å². The van der Waals surface area contributed by atoms with E-state index in [0.29, 0.717) is 6.54 Å². The third kappa shape index (κ3) is 3.94. The van der Waals surface area contributed by atoms with E-state index in [0.717, 1.165) is 63.7 Å². The van der Waals surface area contributed by atoms with E-state index >= 15 is 0 Å². The van der Waals surface area contributed by atoms with Crippen molar-refractivity contribution in [2.24, 2.45) is 0 Å². The highest BCUT2D eigenvalue weighted by atomic mass is 35.5. The van der Waals surface area contributed by atoms with Crippen molar-refractivity contribution < 1.29 is 9.13 Å². The van der Waals surface area contributed by atoms with Crippen LogP contribution in [0.5, 0.6) is 0 Å². The van der Waals surface area contributed by atoms with E-state index in [1.54, 1.807) is 23.7 Å². The van der Waals surface area contributed by atoms with Gasteiger partial charge in [-0.15, -0.1) is 11.3 Å². The number of benzene rings is 1. The second-order valence-corrected chi connectivity index (χ2v) is 8.49. The molecule has 1 aliphatic heterocycles. The van der Waals surface area contributed by atoms with E-state index in [4.69, 9.17) is 16.3 Å². The van der Waals surface area contributed by atoms with Gasteiger partial charge in [0, 0.05) is 48.4 Å². The zero-order chi connectivity index (χ0) is 20.5. The highest BCUT2D eigenvalue weighted by molar-refractivity contribution is 7.22. The first-order chi connectivity index (χ1) is 14.7. The van der Waals surface area contributed by atoms with E-state index in [1.165, 1.54) is 6.07 Å². The summed E-state index contributed by atoms with van der Waals surface area (Å²) >= 11 is 7.59. The first kappa shape index (κ1) is 19.5. The molecule has 0 atom stereocenters. The van der Waals surface area contributed by atoms with Crippen molar-refractivity contribution in [2.75, 3.05) is 26.3 Å². The molecule has 0 unspecified atom stereocenters. The number of pyridine rings is 1. The van der Waals surface area contributed by atoms with Gasteiger partial charge in [0.25, 0.3) is 0 Å². The predicted molar refractivity (Wildman–Crippen MR) is 117 cm³/mol. The summed E-state index contributed by atoms with van der Waals surface area (Å²) in [6, 6.07) is 11.5. The van der Waals surface area contributed by atoms with Crippen LogP contribution in [0.2, 0.25) is 5.28 Å². The molecular weight excluding hydrogens is 423 g/mol. The van der Waals surface area contributed by atoms with E-state index in [-0.39, 0.29) is 5.28 Å². The normalized spacial score (nSPS) is 15.0. The molecule has 1 aliphatic rings. The molecule has 0 aliphatic carbocycles. The second kappa shape index (κ2) is 8.35. The van der Waals surface area contributed by atoms with Gasteiger partial charge in [-0.05, 0) is 40.2 Å². The number of ether oxygens (including phenoxy) is 1. The third-order valence-electron chi connectivity index (χ3n) is 5.16. The lowest BCUT2D eigenvalue weighted by Crippen LogP contribution is -2.35. The summed E-state index contributed by atoms with van der Waals surface area (Å²) in [5.41, 5.74) is 3.64. The number of thiophene rings is 1. The Balaban J connectivity index is 1.60. The molecule has 0 spiro atoms. The molecule has 3 aromatic heterocycles. The van der Waals surface area contributed by atoms with E-state index in [9.17, 15) is 4.39 Å². The van der Waals surface area contributed by atoms with Gasteiger partial charge in [-0.1, -0.05) is 18.2 Å². The topological polar surface area (TPSA) is 51.1 Å². The molecule has 8 heteroatoms. The third-order valence-corrected chi connectivity index (χ3v) is 6.55. The van der Waals surface area contributed by atoms with E-state index in [2.05, 4.69) is 32.0 Å². The average Bonchev–Trinajstić information content (AvgIpc) is 3.20. The molecule has 5 nitrogen and oxygen atoms in total. The van der Waals surface area contributed by atoms with Gasteiger partial charge in [0.15, 0.2) is 0 Å². The molecule has 152 valence electrons. The van der Waals surface area contributed by atoms with Crippen LogP contribution in [0.1, 0.15) is 5.56 Å². The van der Waals surface area contributed by atoms with Gasteiger partial charge >= 0.3 is 0 Å². The van der Waals surface area contributed by atoms with Crippen LogP contribution >= 0.6 is 22.9 Å². The number of aromatic nitrogens is 3. The smallest absolute Gasteiger partial charge is 0.222 e. The highest BCUT2D eigenvalue weighted by Gasteiger charge is 2.17. The summed E-state index contributed by atoms with van der Waals surface area (Å²) in [6.45, 7) is 3.87. The fraction of sp³-hybridized carbons (Fsp3) is 0.227. The molecule has 0 amide bonds. The van der Waals surface area contributed by atoms with Crippen molar-refractivity contribution in [3.05, 3.63) is 65.6 Å². The number of hydrogen-bond donors (Lipinski definition) is 0. The van der Waals surface area contributed by atoms with Crippen LogP contribution in [0, 0.1) is 5.95 Å². The maximum Gasteiger partial charge on any atom is 0.222 e. The lowest BCUT2D eigenvalue weighted by atomic mass is 10.00. The van der Waals surface area contributed by atoms with Crippen molar-refractivity contribution in [1.82, 2.24) is 19.9 Å². The number of nitrogens with zero attached hydrogens (tertiary/aromatic N) is 4. The van der Waals surface area contributed by atoms with Crippen LogP contribution in [0.4, 0.5) is 4.39 Å². The number of hydrogen-bond acceptors (Lipinski definition) is 6. The Bertz CT molecular complexity index is 1210. The minimum absolute atomic E-state index is 0.217. The first-order valence-corrected chi connectivity index (χ1v) is 10.8. The molecule has 4 aromatic rings. The van der Waals surface area contributed by atoms with Gasteiger partial charge in [-0.3, -0.25) is 4.90 Å². The van der Waals surface area contributed by atoms with Gasteiger partial charge in [0.1, 0.15) is 0 Å². The van der Waals surface area contributed by atoms with Crippen LogP contribution in [0.25, 0.3) is 31.8 Å². The van der Waals surface area contributed by atoms with Crippen LogP contribution in [-0.4, -0.2) is 46.2 Å². The number of morpholine rings is 1. The maximum atomic E-state index is 14.2. The largest absolute Gasteiger partial charge is 0.379 e. The van der Waals surface area contributed by atoms with Crippen molar-refractivity contribution in [3.63, 3.8) is 0 Å². The summed E-state index contributed by atoms with van der Waals surface area (Å²) < 4.78 is 20.7. The Hall–Kier alpha value is -2.45. The Morgan fingerprint density at radius 1 is 1.10 bits per heavy atom. The fourth-order valence-electron chi connectivity index (χ4n) is 3.71. The van der Waals surface area contributed by atoms with Crippen LogP contribution < -0.4 is 0 Å². The van der Waals surface area contributed by atoms with Gasteiger partial charge in [0.2, 0.25) is 11.2 Å². The lowest BCUT2D eigenvalue weighted by molar-refractivity contribution is 0.0342. The SMILES string of the molecule is Fc1cc(-c2cccc3cc(-c4ccnc(Cl)n4)sc23)c(CN2CCOCC2)cn1. The fourth-order valence-corrected chi connectivity index (χ4v) is 5.01. The zero-order valence-electron chi connectivity index (χ0n) is 16.0. The summed E-state index contributed by atoms with van der Waals surface area (Å²) in [4.78, 5) is 15.5. The standard InChI is InChI=1S/C22H18ClFN4OS/c23-22-25-5-4-18(27-22)19-10-14-2-1-3-16(21(14)30-19)17-11-20(24)26-12-15(17)13-28-6-8-29-9-7-28/h1-5,10-12H,6-9,13H2. The Kier molecular flexibility index (Phi) is 5.43. The van der Waals surface area contributed by atoms with Crippen LogP contribution in [0.15, 0.2) is 48.8 Å². The van der Waals surface area contributed by atoms with Crippen molar-refractivity contribution in [2.45, 2.75) is 6.54 Å². The Morgan fingerprint density at radius 3 is 2.80 bits per heavy atom. The molecule has 1 aromatic carbocycles. The average molecular weight is 441 g/mol. The first-order valence-electron chi connectivity index (χ1n) is 9.64. The van der Waals surface area contributed by atoms with E-state index < -0.39 is 5.95 Å². The van der Waals surface area contributed by atoms with Gasteiger partial charge < -0.3 is 4.74 Å². The minimum atomic E-state index is -0.480. The maximum absolute atomic E-state index is 14.2. The van der Waals surface area contributed by atoms with E-state index in [1.807, 2.05) is 18.2 Å². The summed E-state index contributed by atoms with van der Waals surface area (Å²) in [5.74, 6) is -0.480. The van der Waals surface area contributed by atoms with Crippen molar-refractivity contribution >= 4 is 33.0 Å². The molecule has 1 fully saturated rings. The summed E-state index contributed by atoms with van der Waals surface area (Å²) in [7, 11) is 0. The van der Waals surface area contributed by atoms with Gasteiger partial charge in [-0.2, -0.15) is 4.39 Å². The predicted octanol–water partition coefficient (Wildman–Crippen LogP) is 5.05. The molecule has 5 rings (SSSR count). The van der Waals surface area contributed by atoms with Gasteiger partial charge in [-0.25, -0.2) is 15.0 Å². The molecule has 1 saturated heterocycles. The quantitative estimate of drug-likeness (QED) is 0.328. The molecule has 4 heterocycles. The molecule has 0 bridgehead atoms. The lowest BCUT2D eigenvalue weighted by Gasteiger charge is -2.27. The minimum Gasteiger partial charge on any atom is -0.379 e. The van der Waals surface area contributed by atoms with Crippen LogP contribution in [0.3, 0.4) is 0 Å². The Labute approximate surface area is 182 Å². The number of fused-ring (bicyclic) bond motifs is 1. The Morgan fingerprint density at radius 2 is 1.97 bits per heavy atom. The zero-order valence-corrected chi connectivity index (χ0v) is 17.6. The van der Waals surface area contributed by atoms with Crippen LogP contribution in [-0.2, 0) is 11.3 Å². The summed E-state index contributed by atoms with van der Waals surface area (Å²) in [6.07, 6.45) is 3.30. The number of halogens is 2. The second-order valence-electron chi connectivity index (χ2n) is 7.10. The molecule has 0 N–H and O–H groups in total. The molecule has 0 radical (unpaired) electrons. The highest BCUT2D eigenvalue weighted by Crippen LogP contribution is 2.40. The monoisotopic (exact) mass is 440 g/mol. The van der Waals surface area contributed by atoms with Crippen molar-refractivity contribution in [3.8, 4) is 21.7 Å².